The SMILES string of the molecule is COC(=O)c1cc(NC(=O)CSc2nc(N)nc3nc[nH]c23)ccc1OC. The highest BCUT2D eigenvalue weighted by molar-refractivity contribution is 8.00. The number of fused-ring (bicyclic) bond motifs is 1. The number of carbonyl (C=O) groups is 2. The Morgan fingerprint density at radius 3 is 2.85 bits per heavy atom. The molecule has 0 aliphatic rings. The number of H-pyrrole nitrogens is 1. The van der Waals surface area contributed by atoms with Crippen LogP contribution in [0, 0.1) is 0 Å². The van der Waals surface area contributed by atoms with Crippen LogP contribution in [-0.4, -0.2) is 51.8 Å². The van der Waals surface area contributed by atoms with E-state index in [1.54, 1.807) is 12.1 Å². The number of carbonyl (C=O) groups excluding carboxylic acids is 2. The second-order valence-electron chi connectivity index (χ2n) is 5.23. The Balaban J connectivity index is 1.70. The summed E-state index contributed by atoms with van der Waals surface area (Å²) in [6, 6.07) is 4.70. The van der Waals surface area contributed by atoms with Gasteiger partial charge in [-0.1, -0.05) is 11.8 Å². The Kier molecular flexibility index (Phi) is 5.41. The first kappa shape index (κ1) is 18.5. The molecule has 4 N–H and O–H groups in total. The molecule has 27 heavy (non-hydrogen) atoms. The summed E-state index contributed by atoms with van der Waals surface area (Å²) in [7, 11) is 2.72. The average Bonchev–Trinajstić information content (AvgIpc) is 3.13. The van der Waals surface area contributed by atoms with Gasteiger partial charge in [0.05, 0.1) is 26.3 Å². The van der Waals surface area contributed by atoms with Gasteiger partial charge in [-0.2, -0.15) is 4.98 Å². The molecule has 0 aliphatic carbocycles. The zero-order valence-electron chi connectivity index (χ0n) is 14.5. The third-order valence-electron chi connectivity index (χ3n) is 3.50. The minimum absolute atomic E-state index is 0.0736. The van der Waals surface area contributed by atoms with Gasteiger partial charge in [0.2, 0.25) is 11.9 Å². The maximum atomic E-state index is 12.3. The van der Waals surface area contributed by atoms with E-state index >= 15 is 0 Å². The van der Waals surface area contributed by atoms with Crippen LogP contribution < -0.4 is 15.8 Å². The number of anilines is 2. The van der Waals surface area contributed by atoms with Gasteiger partial charge < -0.3 is 25.5 Å². The Bertz CT molecular complexity index is 1010. The van der Waals surface area contributed by atoms with Crippen molar-refractivity contribution in [2.75, 3.05) is 31.0 Å². The van der Waals surface area contributed by atoms with Gasteiger partial charge in [-0.05, 0) is 18.2 Å². The van der Waals surface area contributed by atoms with E-state index in [0.29, 0.717) is 27.6 Å². The van der Waals surface area contributed by atoms with Gasteiger partial charge in [-0.3, -0.25) is 4.79 Å². The topological polar surface area (TPSA) is 145 Å². The van der Waals surface area contributed by atoms with Gasteiger partial charge in [0, 0.05) is 5.69 Å². The first-order valence-electron chi connectivity index (χ1n) is 7.67. The summed E-state index contributed by atoms with van der Waals surface area (Å²) in [4.78, 5) is 39.2. The van der Waals surface area contributed by atoms with Crippen LogP contribution in [0.25, 0.3) is 11.2 Å². The van der Waals surface area contributed by atoms with E-state index in [1.807, 2.05) is 0 Å². The van der Waals surface area contributed by atoms with E-state index in [2.05, 4.69) is 25.3 Å². The van der Waals surface area contributed by atoms with Crippen molar-refractivity contribution in [1.82, 2.24) is 19.9 Å². The lowest BCUT2D eigenvalue weighted by Gasteiger charge is -2.10. The van der Waals surface area contributed by atoms with Crippen LogP contribution in [0.3, 0.4) is 0 Å². The molecule has 0 unspecified atom stereocenters. The number of methoxy groups -OCH3 is 2. The lowest BCUT2D eigenvalue weighted by molar-refractivity contribution is -0.113. The summed E-state index contributed by atoms with van der Waals surface area (Å²) in [5.74, 6) is -0.339. The third-order valence-corrected chi connectivity index (χ3v) is 4.47. The highest BCUT2D eigenvalue weighted by atomic mass is 32.2. The molecule has 0 aliphatic heterocycles. The predicted octanol–water partition coefficient (Wildman–Crippen LogP) is 1.46. The standard InChI is InChI=1S/C16H16N6O4S/c1-25-10-4-3-8(5-9(10)15(24)26-2)20-11(23)6-27-14-12-13(19-7-18-12)21-16(17)22-14/h3-5,7H,6H2,1-2H3,(H,20,23)(H3,17,18,19,21,22). The first-order valence-corrected chi connectivity index (χ1v) is 8.66. The van der Waals surface area contributed by atoms with Crippen molar-refractivity contribution in [2.45, 2.75) is 5.03 Å². The number of nitrogens with two attached hydrogens (primary N) is 1. The molecule has 10 nitrogen and oxygen atoms in total. The monoisotopic (exact) mass is 388 g/mol. The van der Waals surface area contributed by atoms with Crippen LogP contribution in [0.4, 0.5) is 11.6 Å². The number of esters is 1. The molecule has 1 aromatic carbocycles. The molecule has 0 radical (unpaired) electrons. The third kappa shape index (κ3) is 4.08. The summed E-state index contributed by atoms with van der Waals surface area (Å²) in [6.45, 7) is 0. The maximum absolute atomic E-state index is 12.3. The molecule has 0 fully saturated rings. The first-order chi connectivity index (χ1) is 13.0. The van der Waals surface area contributed by atoms with E-state index in [9.17, 15) is 9.59 Å². The number of hydrogen-bond donors (Lipinski definition) is 3. The number of benzene rings is 1. The zero-order chi connectivity index (χ0) is 19.4. The number of aromatic amines is 1. The second-order valence-corrected chi connectivity index (χ2v) is 6.20. The predicted molar refractivity (Wildman–Crippen MR) is 99.8 cm³/mol. The number of hydrogen-bond acceptors (Lipinski definition) is 9. The van der Waals surface area contributed by atoms with E-state index in [-0.39, 0.29) is 23.2 Å². The van der Waals surface area contributed by atoms with Gasteiger partial charge in [-0.15, -0.1) is 0 Å². The fourth-order valence-electron chi connectivity index (χ4n) is 2.31. The summed E-state index contributed by atoms with van der Waals surface area (Å²) >= 11 is 1.19. The van der Waals surface area contributed by atoms with Gasteiger partial charge in [0.1, 0.15) is 21.9 Å². The molecule has 140 valence electrons. The average molecular weight is 388 g/mol. The number of rotatable bonds is 6. The van der Waals surface area contributed by atoms with Crippen LogP contribution in [0.1, 0.15) is 10.4 Å². The number of thioether (sulfide) groups is 1. The Morgan fingerprint density at radius 2 is 2.11 bits per heavy atom. The number of ether oxygens (including phenoxy) is 2. The van der Waals surface area contributed by atoms with Crippen LogP contribution in [0.2, 0.25) is 0 Å². The molecule has 1 amide bonds. The van der Waals surface area contributed by atoms with E-state index in [1.165, 1.54) is 38.4 Å². The normalized spacial score (nSPS) is 10.6. The minimum Gasteiger partial charge on any atom is -0.496 e. The molecule has 2 aromatic heterocycles. The summed E-state index contributed by atoms with van der Waals surface area (Å²) < 4.78 is 9.84. The molecular weight excluding hydrogens is 372 g/mol. The van der Waals surface area contributed by atoms with Gasteiger partial charge >= 0.3 is 5.97 Å². The molecule has 0 bridgehead atoms. The number of aromatic nitrogens is 4. The fraction of sp³-hybridized carbons (Fsp3) is 0.188. The molecular formula is C16H16N6O4S. The van der Waals surface area contributed by atoms with Crippen LogP contribution in [0.15, 0.2) is 29.6 Å². The molecule has 3 aromatic rings. The minimum atomic E-state index is -0.560. The molecule has 2 heterocycles. The van der Waals surface area contributed by atoms with E-state index in [4.69, 9.17) is 15.2 Å². The van der Waals surface area contributed by atoms with Crippen molar-refractivity contribution in [3.8, 4) is 5.75 Å². The van der Waals surface area contributed by atoms with Crippen molar-refractivity contribution in [3.63, 3.8) is 0 Å². The van der Waals surface area contributed by atoms with Crippen molar-refractivity contribution in [1.29, 1.82) is 0 Å². The number of imidazole rings is 1. The molecule has 11 heteroatoms. The van der Waals surface area contributed by atoms with E-state index in [0.717, 1.165) is 0 Å². The highest BCUT2D eigenvalue weighted by Gasteiger charge is 2.15. The lowest BCUT2D eigenvalue weighted by atomic mass is 10.1. The largest absolute Gasteiger partial charge is 0.496 e. The molecule has 0 saturated carbocycles. The van der Waals surface area contributed by atoms with Crippen LogP contribution >= 0.6 is 11.8 Å². The molecule has 3 rings (SSSR count). The van der Waals surface area contributed by atoms with Gasteiger partial charge in [0.25, 0.3) is 0 Å². The van der Waals surface area contributed by atoms with E-state index < -0.39 is 5.97 Å². The summed E-state index contributed by atoms with van der Waals surface area (Å²) in [5.41, 5.74) is 7.35. The van der Waals surface area contributed by atoms with Crippen LogP contribution in [-0.2, 0) is 9.53 Å². The Hall–Kier alpha value is -3.34. The quantitative estimate of drug-likeness (QED) is 0.324. The van der Waals surface area contributed by atoms with Crippen molar-refractivity contribution >= 4 is 46.4 Å². The zero-order valence-corrected chi connectivity index (χ0v) is 15.3. The smallest absolute Gasteiger partial charge is 0.341 e. The second kappa shape index (κ2) is 7.91. The van der Waals surface area contributed by atoms with Gasteiger partial charge in [-0.25, -0.2) is 14.8 Å². The number of nitrogens with zero attached hydrogens (tertiary/aromatic N) is 3. The van der Waals surface area contributed by atoms with Crippen molar-refractivity contribution < 1.29 is 19.1 Å². The number of nitrogen functional groups attached to an aromatic ring is 1. The maximum Gasteiger partial charge on any atom is 0.341 e. The summed E-state index contributed by atoms with van der Waals surface area (Å²) in [6.07, 6.45) is 1.48. The molecule has 0 spiro atoms. The van der Waals surface area contributed by atoms with Crippen molar-refractivity contribution in [2.24, 2.45) is 0 Å². The molecule has 0 saturated heterocycles. The van der Waals surface area contributed by atoms with Gasteiger partial charge in [0.15, 0.2) is 5.65 Å². The summed E-state index contributed by atoms with van der Waals surface area (Å²) in [5, 5.41) is 3.24. The molecule has 0 atom stereocenters. The lowest BCUT2D eigenvalue weighted by Crippen LogP contribution is -2.15. The highest BCUT2D eigenvalue weighted by Crippen LogP contribution is 2.25. The number of amides is 1. The Morgan fingerprint density at radius 1 is 1.30 bits per heavy atom. The van der Waals surface area contributed by atoms with Crippen LogP contribution in [0.5, 0.6) is 5.75 Å². The number of nitrogens with one attached hydrogen (secondary N) is 2. The Labute approximate surface area is 157 Å². The van der Waals surface area contributed by atoms with Crippen molar-refractivity contribution in [3.05, 3.63) is 30.1 Å². The fourth-order valence-corrected chi connectivity index (χ4v) is 3.11.